The topological polar surface area (TPSA) is 36.9 Å². The molecule has 0 N–H and O–H groups in total. The van der Waals surface area contributed by atoms with E-state index in [4.69, 9.17) is 31.8 Å². The summed E-state index contributed by atoms with van der Waals surface area (Å²) in [5.41, 5.74) is 6.27. The third-order valence-corrected chi connectivity index (χ3v) is 9.25. The molecule has 41 heavy (non-hydrogen) atoms. The Hall–Kier alpha value is -4.80. The van der Waals surface area contributed by atoms with Crippen molar-refractivity contribution in [2.75, 3.05) is 0 Å². The van der Waals surface area contributed by atoms with Crippen LogP contribution < -0.4 is 18.9 Å². The van der Waals surface area contributed by atoms with Gasteiger partial charge in [-0.2, -0.15) is 0 Å². The fourth-order valence-corrected chi connectivity index (χ4v) is 7.64. The third-order valence-electron chi connectivity index (χ3n) is 9.25. The van der Waals surface area contributed by atoms with E-state index in [1.165, 1.54) is 22.3 Å². The summed E-state index contributed by atoms with van der Waals surface area (Å²) >= 11 is 0. The van der Waals surface area contributed by atoms with Gasteiger partial charge in [0, 0.05) is 28.7 Å². The van der Waals surface area contributed by atoms with Crippen molar-refractivity contribution in [3.05, 3.63) is 94.0 Å². The maximum absolute atomic E-state index is 6.41. The van der Waals surface area contributed by atoms with E-state index >= 15 is 0 Å². The van der Waals surface area contributed by atoms with Crippen LogP contribution in [-0.2, 0) is 16.2 Å². The Morgan fingerprint density at radius 1 is 0.488 bits per heavy atom. The van der Waals surface area contributed by atoms with Crippen molar-refractivity contribution in [2.45, 2.75) is 56.8 Å². The zero-order valence-corrected chi connectivity index (χ0v) is 23.5. The van der Waals surface area contributed by atoms with E-state index in [2.05, 4.69) is 63.8 Å². The molecule has 0 atom stereocenters. The molecule has 4 aromatic rings. The average Bonchev–Trinajstić information content (AvgIpc) is 3.30. The van der Waals surface area contributed by atoms with Crippen molar-refractivity contribution >= 4 is 0 Å². The number of terminal acetylenes is 2. The molecular weight excluding hydrogens is 508 g/mol. The fourth-order valence-electron chi connectivity index (χ4n) is 7.64. The first kappa shape index (κ1) is 24.0. The molecule has 8 rings (SSSR count). The number of hydrogen-bond donors (Lipinski definition) is 0. The zero-order chi connectivity index (χ0) is 28.3. The molecule has 4 aromatic carbocycles. The van der Waals surface area contributed by atoms with E-state index in [1.54, 1.807) is 0 Å². The molecule has 200 valence electrons. The third kappa shape index (κ3) is 3.25. The summed E-state index contributed by atoms with van der Waals surface area (Å²) < 4.78 is 25.5. The van der Waals surface area contributed by atoms with Crippen molar-refractivity contribution in [1.82, 2.24) is 0 Å². The summed E-state index contributed by atoms with van der Waals surface area (Å²) in [7, 11) is 0. The van der Waals surface area contributed by atoms with Crippen LogP contribution in [0.25, 0.3) is 0 Å². The molecule has 4 aliphatic rings. The molecule has 0 amide bonds. The number of fused-ring (bicyclic) bond motifs is 8. The Labute approximate surface area is 240 Å². The van der Waals surface area contributed by atoms with Gasteiger partial charge in [-0.25, -0.2) is 0 Å². The van der Waals surface area contributed by atoms with Crippen LogP contribution in [0, 0.1) is 24.7 Å². The van der Waals surface area contributed by atoms with Crippen LogP contribution in [0.15, 0.2) is 60.7 Å². The van der Waals surface area contributed by atoms with E-state index in [0.717, 1.165) is 47.0 Å². The van der Waals surface area contributed by atoms with Crippen LogP contribution in [0.3, 0.4) is 0 Å². The van der Waals surface area contributed by atoms with E-state index in [9.17, 15) is 0 Å². The summed E-state index contributed by atoms with van der Waals surface area (Å²) in [4.78, 5) is 0. The molecular formula is C37H28O4. The Morgan fingerprint density at radius 3 is 1.22 bits per heavy atom. The molecule has 0 saturated carbocycles. The average molecular weight is 537 g/mol. The minimum absolute atomic E-state index is 0.0855. The molecule has 4 heteroatoms. The van der Waals surface area contributed by atoms with Gasteiger partial charge in [-0.05, 0) is 94.5 Å². The number of hydrogen-bond acceptors (Lipinski definition) is 4. The smallest absolute Gasteiger partial charge is 0.171 e. The maximum atomic E-state index is 6.41. The molecule has 0 fully saturated rings. The predicted octanol–water partition coefficient (Wildman–Crippen LogP) is 9.09. The molecule has 0 aromatic heterocycles. The summed E-state index contributed by atoms with van der Waals surface area (Å²) in [5.74, 6) is 10.9. The molecule has 0 radical (unpaired) electrons. The first-order valence-corrected chi connectivity index (χ1v) is 13.9. The van der Waals surface area contributed by atoms with Crippen LogP contribution in [0.5, 0.6) is 46.0 Å². The minimum Gasteiger partial charge on any atom is -0.450 e. The standard InChI is InChI=1S/C37H28O4/c1-7-21-9-11-27-29(13-21)40-31-15-23-25(17-33(31)38-27)37(19-35(23,3)4)20-36(5,6)24-16-32-34(18-26(24)37)39-28-12-10-22(8-2)14-30(28)41-32/h1-2,9-18H,19-20H2,3-6H3. The van der Waals surface area contributed by atoms with E-state index < -0.39 is 0 Å². The first-order valence-electron chi connectivity index (χ1n) is 13.9. The van der Waals surface area contributed by atoms with Crippen molar-refractivity contribution in [1.29, 1.82) is 0 Å². The highest BCUT2D eigenvalue weighted by Crippen LogP contribution is 2.66. The van der Waals surface area contributed by atoms with Gasteiger partial charge in [-0.15, -0.1) is 12.8 Å². The SMILES string of the molecule is C#Cc1ccc2c(c1)Oc1cc3c(cc1O2)C1(CC3(C)C)CC(C)(C)c2cc3c(cc21)Oc1ccc(C#C)cc1O3. The van der Waals surface area contributed by atoms with E-state index in [-0.39, 0.29) is 16.2 Å². The van der Waals surface area contributed by atoms with Gasteiger partial charge in [0.25, 0.3) is 0 Å². The highest BCUT2D eigenvalue weighted by molar-refractivity contribution is 5.69. The summed E-state index contributed by atoms with van der Waals surface area (Å²) in [6, 6.07) is 20.0. The second-order valence-corrected chi connectivity index (χ2v) is 12.9. The molecule has 2 heterocycles. The lowest BCUT2D eigenvalue weighted by molar-refractivity contribution is 0.348. The first-order chi connectivity index (χ1) is 19.6. The summed E-state index contributed by atoms with van der Waals surface area (Å²) in [6.07, 6.45) is 13.2. The molecule has 0 unspecified atom stereocenters. The normalized spacial score (nSPS) is 18.4. The molecule has 1 spiro atoms. The van der Waals surface area contributed by atoms with Gasteiger partial charge < -0.3 is 18.9 Å². The van der Waals surface area contributed by atoms with Crippen molar-refractivity contribution < 1.29 is 18.9 Å². The van der Waals surface area contributed by atoms with Gasteiger partial charge in [-0.1, -0.05) is 39.5 Å². The van der Waals surface area contributed by atoms with Gasteiger partial charge in [0.15, 0.2) is 46.0 Å². The Kier molecular flexibility index (Phi) is 4.50. The fraction of sp³-hybridized carbons (Fsp3) is 0.243. The van der Waals surface area contributed by atoms with Crippen molar-refractivity contribution in [3.8, 4) is 70.7 Å². The molecule has 4 nitrogen and oxygen atoms in total. The molecule has 0 bridgehead atoms. The lowest BCUT2D eigenvalue weighted by atomic mass is 9.72. The molecule has 2 aliphatic carbocycles. The van der Waals surface area contributed by atoms with Crippen LogP contribution in [0.2, 0.25) is 0 Å². The lowest BCUT2D eigenvalue weighted by Gasteiger charge is -2.31. The maximum Gasteiger partial charge on any atom is 0.171 e. The van der Waals surface area contributed by atoms with Gasteiger partial charge >= 0.3 is 0 Å². The van der Waals surface area contributed by atoms with Crippen LogP contribution in [-0.4, -0.2) is 0 Å². The predicted molar refractivity (Wildman–Crippen MR) is 158 cm³/mol. The number of rotatable bonds is 0. The number of ether oxygens (including phenoxy) is 4. The Bertz CT molecular complexity index is 1790. The van der Waals surface area contributed by atoms with Gasteiger partial charge in [0.1, 0.15) is 0 Å². The Balaban J connectivity index is 1.27. The van der Waals surface area contributed by atoms with Crippen LogP contribution in [0.4, 0.5) is 0 Å². The number of benzene rings is 4. The van der Waals surface area contributed by atoms with Crippen molar-refractivity contribution in [3.63, 3.8) is 0 Å². The minimum atomic E-state index is -0.213. The van der Waals surface area contributed by atoms with Crippen molar-refractivity contribution in [2.24, 2.45) is 0 Å². The quantitative estimate of drug-likeness (QED) is 0.181. The highest BCUT2D eigenvalue weighted by atomic mass is 16.6. The second kappa shape index (κ2) is 7.68. The highest BCUT2D eigenvalue weighted by Gasteiger charge is 2.57. The second-order valence-electron chi connectivity index (χ2n) is 12.9. The summed E-state index contributed by atoms with van der Waals surface area (Å²) in [5, 5.41) is 0. The van der Waals surface area contributed by atoms with Gasteiger partial charge in [0.05, 0.1) is 0 Å². The largest absolute Gasteiger partial charge is 0.450 e. The molecule has 2 aliphatic heterocycles. The molecule has 0 saturated heterocycles. The van der Waals surface area contributed by atoms with Crippen LogP contribution in [0.1, 0.15) is 73.9 Å². The lowest BCUT2D eigenvalue weighted by Crippen LogP contribution is -2.27. The monoisotopic (exact) mass is 536 g/mol. The van der Waals surface area contributed by atoms with Crippen LogP contribution >= 0.6 is 0 Å². The zero-order valence-electron chi connectivity index (χ0n) is 23.5. The summed E-state index contributed by atoms with van der Waals surface area (Å²) in [6.45, 7) is 9.29. The Morgan fingerprint density at radius 2 is 0.829 bits per heavy atom. The van der Waals surface area contributed by atoms with Gasteiger partial charge in [-0.3, -0.25) is 0 Å². The van der Waals surface area contributed by atoms with E-state index in [1.807, 2.05) is 36.4 Å². The van der Waals surface area contributed by atoms with E-state index in [0.29, 0.717) is 23.0 Å². The van der Waals surface area contributed by atoms with Gasteiger partial charge in [0.2, 0.25) is 0 Å².